The molecule has 1 saturated carbocycles. The van der Waals surface area contributed by atoms with Gasteiger partial charge in [-0.05, 0) is 69.1 Å². The van der Waals surface area contributed by atoms with Crippen LogP contribution < -0.4 is 10.1 Å². The second-order valence-electron chi connectivity index (χ2n) is 10.1. The van der Waals surface area contributed by atoms with Gasteiger partial charge in [0.05, 0.1) is 12.2 Å². The van der Waals surface area contributed by atoms with Crippen LogP contribution in [-0.2, 0) is 14.3 Å². The molecule has 0 aromatic heterocycles. The van der Waals surface area contributed by atoms with Crippen LogP contribution in [0.2, 0.25) is 0 Å². The fourth-order valence-corrected chi connectivity index (χ4v) is 5.36. The van der Waals surface area contributed by atoms with Crippen molar-refractivity contribution in [2.75, 3.05) is 6.61 Å². The third kappa shape index (κ3) is 4.62. The monoisotopic (exact) mass is 437 g/mol. The maximum atomic E-state index is 13.5. The summed E-state index contributed by atoms with van der Waals surface area (Å²) in [6, 6.07) is 7.77. The highest BCUT2D eigenvalue weighted by atomic mass is 16.5. The van der Waals surface area contributed by atoms with Gasteiger partial charge in [-0.15, -0.1) is 0 Å². The molecule has 0 radical (unpaired) electrons. The number of esters is 1. The summed E-state index contributed by atoms with van der Waals surface area (Å²) in [6.45, 7) is 8.70. The number of Topliss-reactive ketones (excluding diaryl/α,β-unsaturated/α-hetero) is 1. The summed E-state index contributed by atoms with van der Waals surface area (Å²) in [5.41, 5.74) is 3.82. The molecule has 0 saturated heterocycles. The second-order valence-corrected chi connectivity index (χ2v) is 10.1. The Balaban J connectivity index is 1.73. The third-order valence-electron chi connectivity index (χ3n) is 6.81. The van der Waals surface area contributed by atoms with E-state index in [0.29, 0.717) is 18.6 Å². The molecule has 1 aliphatic heterocycles. The van der Waals surface area contributed by atoms with Gasteiger partial charge in [0.25, 0.3) is 0 Å². The summed E-state index contributed by atoms with van der Waals surface area (Å²) in [5, 5.41) is 3.42. The van der Waals surface area contributed by atoms with Crippen LogP contribution in [0.1, 0.15) is 84.1 Å². The molecule has 1 N–H and O–H groups in total. The first-order valence-corrected chi connectivity index (χ1v) is 12.0. The van der Waals surface area contributed by atoms with Gasteiger partial charge in [0.15, 0.2) is 5.78 Å². The molecule has 3 aliphatic rings. The number of hydrogen-bond acceptors (Lipinski definition) is 5. The number of ether oxygens (including phenoxy) is 2. The summed E-state index contributed by atoms with van der Waals surface area (Å²) in [4.78, 5) is 26.8. The van der Waals surface area contributed by atoms with Gasteiger partial charge in [-0.25, -0.2) is 4.79 Å². The molecule has 1 heterocycles. The highest BCUT2D eigenvalue weighted by molar-refractivity contribution is 6.04. The number of dihydropyridines is 1. The Morgan fingerprint density at radius 3 is 2.44 bits per heavy atom. The first-order chi connectivity index (χ1) is 15.3. The molecule has 2 aliphatic carbocycles. The lowest BCUT2D eigenvalue weighted by Crippen LogP contribution is -2.39. The molecule has 32 heavy (non-hydrogen) atoms. The first kappa shape index (κ1) is 22.6. The van der Waals surface area contributed by atoms with Gasteiger partial charge in [0.2, 0.25) is 0 Å². The third-order valence-corrected chi connectivity index (χ3v) is 6.81. The van der Waals surface area contributed by atoms with Crippen molar-refractivity contribution in [3.63, 3.8) is 0 Å². The van der Waals surface area contributed by atoms with Crippen LogP contribution in [0.4, 0.5) is 0 Å². The predicted molar refractivity (Wildman–Crippen MR) is 124 cm³/mol. The lowest BCUT2D eigenvalue weighted by molar-refractivity contribution is -0.146. The molecule has 1 fully saturated rings. The predicted octanol–water partition coefficient (Wildman–Crippen LogP) is 5.57. The molecule has 1 aromatic carbocycles. The molecule has 5 nitrogen and oxygen atoms in total. The number of rotatable bonds is 5. The van der Waals surface area contributed by atoms with Crippen LogP contribution >= 0.6 is 0 Å². The van der Waals surface area contributed by atoms with Crippen molar-refractivity contribution < 1.29 is 19.1 Å². The number of ketones is 1. The van der Waals surface area contributed by atoms with Crippen molar-refractivity contribution in [1.29, 1.82) is 0 Å². The van der Waals surface area contributed by atoms with Crippen molar-refractivity contribution in [2.45, 2.75) is 84.7 Å². The van der Waals surface area contributed by atoms with Crippen LogP contribution in [0.25, 0.3) is 0 Å². The minimum Gasteiger partial charge on any atom is -0.494 e. The number of allylic oxidation sites excluding steroid dienone is 3. The van der Waals surface area contributed by atoms with E-state index in [1.54, 1.807) is 0 Å². The van der Waals surface area contributed by atoms with Crippen LogP contribution in [0.3, 0.4) is 0 Å². The summed E-state index contributed by atoms with van der Waals surface area (Å²) >= 11 is 0. The molecule has 0 amide bonds. The average molecular weight is 438 g/mol. The molecule has 1 aromatic rings. The SMILES string of the molecule is CCOc1ccc(C2C(C(=O)OC3CCCCC3)=C(C)NC3=C2C(=O)CC(C)(C)C3)cc1. The highest BCUT2D eigenvalue weighted by Gasteiger charge is 2.43. The van der Waals surface area contributed by atoms with Crippen LogP contribution in [0.15, 0.2) is 46.8 Å². The lowest BCUT2D eigenvalue weighted by atomic mass is 9.68. The fraction of sp³-hybridized carbons (Fsp3) is 0.556. The van der Waals surface area contributed by atoms with E-state index in [0.717, 1.165) is 60.4 Å². The summed E-state index contributed by atoms with van der Waals surface area (Å²) < 4.78 is 11.6. The number of nitrogens with one attached hydrogen (secondary N) is 1. The molecule has 0 bridgehead atoms. The minimum absolute atomic E-state index is 0.0334. The van der Waals surface area contributed by atoms with Crippen LogP contribution in [0.5, 0.6) is 5.75 Å². The number of carbonyl (C=O) groups excluding carboxylic acids is 2. The molecule has 1 unspecified atom stereocenters. The average Bonchev–Trinajstić information content (AvgIpc) is 2.73. The van der Waals surface area contributed by atoms with Gasteiger partial charge >= 0.3 is 5.97 Å². The van der Waals surface area contributed by atoms with E-state index in [9.17, 15) is 9.59 Å². The summed E-state index contributed by atoms with van der Waals surface area (Å²) in [5.74, 6) is 0.173. The standard InChI is InChI=1S/C27H35NO4/c1-5-31-19-13-11-18(12-14-19)24-23(26(30)32-20-9-7-6-8-10-20)17(2)28-21-15-27(3,4)16-22(29)25(21)24/h11-14,20,24,28H,5-10,15-16H2,1-4H3. The Labute approximate surface area is 191 Å². The van der Waals surface area contributed by atoms with Gasteiger partial charge in [-0.1, -0.05) is 32.4 Å². The summed E-state index contributed by atoms with van der Waals surface area (Å²) in [7, 11) is 0. The molecule has 4 rings (SSSR count). The van der Waals surface area contributed by atoms with Crippen molar-refractivity contribution in [3.8, 4) is 5.75 Å². The Kier molecular flexibility index (Phi) is 6.45. The van der Waals surface area contributed by atoms with Crippen LogP contribution in [0, 0.1) is 5.41 Å². The number of benzene rings is 1. The molecule has 172 valence electrons. The second kappa shape index (κ2) is 9.13. The zero-order valence-corrected chi connectivity index (χ0v) is 19.8. The van der Waals surface area contributed by atoms with E-state index >= 15 is 0 Å². The minimum atomic E-state index is -0.415. The Bertz CT molecular complexity index is 948. The smallest absolute Gasteiger partial charge is 0.337 e. The molecular weight excluding hydrogens is 402 g/mol. The van der Waals surface area contributed by atoms with Crippen molar-refractivity contribution in [3.05, 3.63) is 52.4 Å². The number of carbonyl (C=O) groups is 2. The maximum absolute atomic E-state index is 13.5. The lowest BCUT2D eigenvalue weighted by Gasteiger charge is -2.39. The molecule has 5 heteroatoms. The maximum Gasteiger partial charge on any atom is 0.337 e. The van der Waals surface area contributed by atoms with E-state index in [-0.39, 0.29) is 23.3 Å². The van der Waals surface area contributed by atoms with E-state index in [4.69, 9.17) is 9.47 Å². The quantitative estimate of drug-likeness (QED) is 0.611. The van der Waals surface area contributed by atoms with Gasteiger partial charge < -0.3 is 14.8 Å². The van der Waals surface area contributed by atoms with E-state index in [1.165, 1.54) is 6.42 Å². The van der Waals surface area contributed by atoms with Gasteiger partial charge in [-0.3, -0.25) is 4.79 Å². The fourth-order valence-electron chi connectivity index (χ4n) is 5.36. The number of hydrogen-bond donors (Lipinski definition) is 1. The van der Waals surface area contributed by atoms with E-state index < -0.39 is 5.92 Å². The molecule has 1 atom stereocenters. The van der Waals surface area contributed by atoms with Crippen molar-refractivity contribution in [1.82, 2.24) is 5.32 Å². The Hall–Kier alpha value is -2.56. The highest BCUT2D eigenvalue weighted by Crippen LogP contribution is 2.47. The normalized spacial score (nSPS) is 23.5. The summed E-state index contributed by atoms with van der Waals surface area (Å²) in [6.07, 6.45) is 6.45. The van der Waals surface area contributed by atoms with Gasteiger partial charge in [-0.2, -0.15) is 0 Å². The molecular formula is C27H35NO4. The van der Waals surface area contributed by atoms with E-state index in [1.807, 2.05) is 38.1 Å². The zero-order chi connectivity index (χ0) is 22.9. The van der Waals surface area contributed by atoms with E-state index in [2.05, 4.69) is 19.2 Å². The van der Waals surface area contributed by atoms with Crippen molar-refractivity contribution >= 4 is 11.8 Å². The van der Waals surface area contributed by atoms with Crippen molar-refractivity contribution in [2.24, 2.45) is 5.41 Å². The molecule has 0 spiro atoms. The Morgan fingerprint density at radius 1 is 1.09 bits per heavy atom. The zero-order valence-electron chi connectivity index (χ0n) is 19.8. The Morgan fingerprint density at radius 2 is 1.78 bits per heavy atom. The van der Waals surface area contributed by atoms with Gasteiger partial charge in [0, 0.05) is 29.3 Å². The topological polar surface area (TPSA) is 64.6 Å². The van der Waals surface area contributed by atoms with Gasteiger partial charge in [0.1, 0.15) is 11.9 Å². The first-order valence-electron chi connectivity index (χ1n) is 12.0. The largest absolute Gasteiger partial charge is 0.494 e. The van der Waals surface area contributed by atoms with Crippen LogP contribution in [-0.4, -0.2) is 24.5 Å².